The van der Waals surface area contributed by atoms with Gasteiger partial charge in [-0.2, -0.15) is 0 Å². The summed E-state index contributed by atoms with van der Waals surface area (Å²) in [6.07, 6.45) is 1.71. The molecule has 1 fully saturated rings. The van der Waals surface area contributed by atoms with Gasteiger partial charge in [0.2, 0.25) is 5.91 Å². The first kappa shape index (κ1) is 10.7. The zero-order valence-electron chi connectivity index (χ0n) is 8.49. The van der Waals surface area contributed by atoms with Gasteiger partial charge < -0.3 is 5.73 Å². The minimum atomic E-state index is -0.584. The average Bonchev–Trinajstić information content (AvgIpc) is 2.34. The molecule has 5 nitrogen and oxygen atoms in total. The summed E-state index contributed by atoms with van der Waals surface area (Å²) in [7, 11) is 1.47. The molecule has 0 aromatic heterocycles. The molecule has 2 N–H and O–H groups in total. The van der Waals surface area contributed by atoms with Crippen LogP contribution in [0.3, 0.4) is 0 Å². The molecule has 0 aliphatic carbocycles. The molecule has 0 saturated carbocycles. The first-order chi connectivity index (χ1) is 6.56. The Morgan fingerprint density at radius 1 is 1.64 bits per heavy atom. The van der Waals surface area contributed by atoms with Crippen molar-refractivity contribution >= 4 is 17.6 Å². The van der Waals surface area contributed by atoms with E-state index in [1.54, 1.807) is 0 Å². The van der Waals surface area contributed by atoms with E-state index in [0.29, 0.717) is 12.3 Å². The predicted molar refractivity (Wildman–Crippen MR) is 52.7 cm³/mol. The molecule has 1 saturated heterocycles. The average molecular weight is 197 g/mol. The van der Waals surface area contributed by atoms with Crippen LogP contribution in [0.1, 0.15) is 26.2 Å². The molecule has 5 heteroatoms. The van der Waals surface area contributed by atoms with Crippen LogP contribution in [0.15, 0.2) is 4.99 Å². The van der Waals surface area contributed by atoms with Crippen LogP contribution in [0.4, 0.5) is 0 Å². The predicted octanol–water partition coefficient (Wildman–Crippen LogP) is -0.0990. The molecule has 0 spiro atoms. The number of imide groups is 1. The third-order valence-corrected chi connectivity index (χ3v) is 2.19. The van der Waals surface area contributed by atoms with Crippen LogP contribution in [0.2, 0.25) is 0 Å². The van der Waals surface area contributed by atoms with Crippen LogP contribution >= 0.6 is 0 Å². The number of amides is 2. The van der Waals surface area contributed by atoms with E-state index in [-0.39, 0.29) is 18.2 Å². The lowest BCUT2D eigenvalue weighted by molar-refractivity contribution is -0.136. The van der Waals surface area contributed by atoms with E-state index in [1.807, 2.05) is 6.92 Å². The molecule has 1 rings (SSSR count). The van der Waals surface area contributed by atoms with Gasteiger partial charge in [0.15, 0.2) is 0 Å². The molecule has 14 heavy (non-hydrogen) atoms. The van der Waals surface area contributed by atoms with Gasteiger partial charge in [-0.3, -0.25) is 19.5 Å². The lowest BCUT2D eigenvalue weighted by Gasteiger charge is -2.05. The molecule has 1 aliphatic heterocycles. The molecular formula is C9H15N3O2. The fourth-order valence-electron chi connectivity index (χ4n) is 1.36. The Hall–Kier alpha value is -1.39. The van der Waals surface area contributed by atoms with E-state index in [1.165, 1.54) is 7.05 Å². The number of aliphatic imine (C=N–C) groups is 1. The van der Waals surface area contributed by atoms with Gasteiger partial charge in [0, 0.05) is 13.5 Å². The van der Waals surface area contributed by atoms with Crippen LogP contribution < -0.4 is 5.73 Å². The van der Waals surface area contributed by atoms with Crippen LogP contribution in [0, 0.1) is 0 Å². The SMILES string of the molecule is CCCC(N)=NC1CC(=O)N(C)C1=O. The normalized spacial score (nSPS) is 23.4. The maximum atomic E-state index is 11.4. The van der Waals surface area contributed by atoms with Crippen LogP contribution in [0.5, 0.6) is 0 Å². The van der Waals surface area contributed by atoms with Crippen LogP contribution in [-0.2, 0) is 9.59 Å². The molecule has 1 heterocycles. The molecule has 0 aromatic carbocycles. The van der Waals surface area contributed by atoms with Crippen molar-refractivity contribution in [3.63, 3.8) is 0 Å². The Labute approximate surface area is 83.0 Å². The van der Waals surface area contributed by atoms with Gasteiger partial charge in [0.25, 0.3) is 5.91 Å². The van der Waals surface area contributed by atoms with Gasteiger partial charge in [0.1, 0.15) is 6.04 Å². The molecule has 1 unspecified atom stereocenters. The van der Waals surface area contributed by atoms with Gasteiger partial charge in [-0.15, -0.1) is 0 Å². The zero-order valence-corrected chi connectivity index (χ0v) is 8.49. The van der Waals surface area contributed by atoms with Gasteiger partial charge in [0.05, 0.1) is 12.3 Å². The number of likely N-dealkylation sites (tertiary alicyclic amines) is 1. The molecule has 1 atom stereocenters. The number of amidine groups is 1. The highest BCUT2D eigenvalue weighted by molar-refractivity contribution is 6.06. The van der Waals surface area contributed by atoms with Crippen molar-refractivity contribution in [3.8, 4) is 0 Å². The summed E-state index contributed by atoms with van der Waals surface area (Å²) in [6.45, 7) is 1.98. The summed E-state index contributed by atoms with van der Waals surface area (Å²) in [6, 6.07) is -0.584. The number of hydrogen-bond donors (Lipinski definition) is 1. The van der Waals surface area contributed by atoms with Crippen molar-refractivity contribution in [2.24, 2.45) is 10.7 Å². The lowest BCUT2D eigenvalue weighted by Crippen LogP contribution is -2.28. The number of hydrogen-bond acceptors (Lipinski definition) is 3. The molecule has 2 amide bonds. The first-order valence-corrected chi connectivity index (χ1v) is 4.68. The summed E-state index contributed by atoms with van der Waals surface area (Å²) in [5.74, 6) is 0.0102. The highest BCUT2D eigenvalue weighted by atomic mass is 16.2. The largest absolute Gasteiger partial charge is 0.387 e. The minimum absolute atomic E-state index is 0.153. The van der Waals surface area contributed by atoms with Crippen molar-refractivity contribution < 1.29 is 9.59 Å². The Balaban J connectivity index is 2.68. The molecule has 0 radical (unpaired) electrons. The Morgan fingerprint density at radius 2 is 2.29 bits per heavy atom. The first-order valence-electron chi connectivity index (χ1n) is 4.68. The zero-order chi connectivity index (χ0) is 10.7. The molecular weight excluding hydrogens is 182 g/mol. The summed E-state index contributed by atoms with van der Waals surface area (Å²) in [5.41, 5.74) is 5.59. The second kappa shape index (κ2) is 4.21. The van der Waals surface area contributed by atoms with Gasteiger partial charge >= 0.3 is 0 Å². The summed E-state index contributed by atoms with van der Waals surface area (Å²) in [5, 5.41) is 0. The van der Waals surface area contributed by atoms with E-state index in [2.05, 4.69) is 4.99 Å². The maximum Gasteiger partial charge on any atom is 0.254 e. The third kappa shape index (κ3) is 2.10. The Kier molecular flexibility index (Phi) is 3.22. The van der Waals surface area contributed by atoms with E-state index < -0.39 is 6.04 Å². The van der Waals surface area contributed by atoms with Crippen LogP contribution in [0.25, 0.3) is 0 Å². The second-order valence-electron chi connectivity index (χ2n) is 3.38. The number of nitrogens with zero attached hydrogens (tertiary/aromatic N) is 2. The topological polar surface area (TPSA) is 75.8 Å². The minimum Gasteiger partial charge on any atom is -0.387 e. The number of rotatable bonds is 3. The van der Waals surface area contributed by atoms with Crippen molar-refractivity contribution in [3.05, 3.63) is 0 Å². The van der Waals surface area contributed by atoms with Crippen LogP contribution in [-0.4, -0.2) is 35.6 Å². The van der Waals surface area contributed by atoms with Gasteiger partial charge in [-0.05, 0) is 6.42 Å². The Morgan fingerprint density at radius 3 is 2.71 bits per heavy atom. The standard InChI is InChI=1S/C9H15N3O2/c1-3-4-7(10)11-6-5-8(13)12(2)9(6)14/h6H,3-5H2,1-2H3,(H2,10,11). The fourth-order valence-corrected chi connectivity index (χ4v) is 1.36. The highest BCUT2D eigenvalue weighted by Gasteiger charge is 2.35. The van der Waals surface area contributed by atoms with Crippen molar-refractivity contribution in [2.45, 2.75) is 32.2 Å². The maximum absolute atomic E-state index is 11.4. The monoisotopic (exact) mass is 197 g/mol. The van der Waals surface area contributed by atoms with Crippen molar-refractivity contribution in [1.82, 2.24) is 4.90 Å². The Bertz CT molecular complexity index is 286. The van der Waals surface area contributed by atoms with E-state index in [4.69, 9.17) is 5.73 Å². The molecule has 0 aromatic rings. The van der Waals surface area contributed by atoms with Gasteiger partial charge in [-0.25, -0.2) is 0 Å². The number of likely N-dealkylation sites (N-methyl/N-ethyl adjacent to an activating group) is 1. The summed E-state index contributed by atoms with van der Waals surface area (Å²) < 4.78 is 0. The van der Waals surface area contributed by atoms with E-state index >= 15 is 0 Å². The third-order valence-electron chi connectivity index (χ3n) is 2.19. The highest BCUT2D eigenvalue weighted by Crippen LogP contribution is 2.14. The molecule has 0 bridgehead atoms. The van der Waals surface area contributed by atoms with Crippen molar-refractivity contribution in [1.29, 1.82) is 0 Å². The summed E-state index contributed by atoms with van der Waals surface area (Å²) in [4.78, 5) is 27.7. The number of carbonyl (C=O) groups excluding carboxylic acids is 2. The second-order valence-corrected chi connectivity index (χ2v) is 3.38. The summed E-state index contributed by atoms with van der Waals surface area (Å²) >= 11 is 0. The number of carbonyl (C=O) groups is 2. The smallest absolute Gasteiger partial charge is 0.254 e. The quantitative estimate of drug-likeness (QED) is 0.390. The lowest BCUT2D eigenvalue weighted by atomic mass is 10.2. The van der Waals surface area contributed by atoms with E-state index in [0.717, 1.165) is 11.3 Å². The van der Waals surface area contributed by atoms with Gasteiger partial charge in [-0.1, -0.05) is 6.92 Å². The molecule has 1 aliphatic rings. The fraction of sp³-hybridized carbons (Fsp3) is 0.667. The van der Waals surface area contributed by atoms with E-state index in [9.17, 15) is 9.59 Å². The van der Waals surface area contributed by atoms with Crippen molar-refractivity contribution in [2.75, 3.05) is 7.05 Å². The number of nitrogens with two attached hydrogens (primary N) is 1. The molecule has 78 valence electrons.